The quantitative estimate of drug-likeness (QED) is 0.796. The van der Waals surface area contributed by atoms with Gasteiger partial charge < -0.3 is 14.6 Å². The summed E-state index contributed by atoms with van der Waals surface area (Å²) >= 11 is 1.70. The average molecular weight is 291 g/mol. The zero-order chi connectivity index (χ0) is 14.4. The van der Waals surface area contributed by atoms with Crippen molar-refractivity contribution in [2.45, 2.75) is 23.5 Å². The number of aryl methyl sites for hydroxylation is 2. The monoisotopic (exact) mass is 291 g/mol. The molecule has 4 nitrogen and oxygen atoms in total. The molecule has 1 N–H and O–H groups in total. The van der Waals surface area contributed by atoms with Crippen LogP contribution in [0.15, 0.2) is 40.6 Å². The van der Waals surface area contributed by atoms with E-state index in [0.717, 1.165) is 24.9 Å². The fourth-order valence-electron chi connectivity index (χ4n) is 1.89. The molecule has 0 bridgehead atoms. The molecule has 2 aromatic rings. The van der Waals surface area contributed by atoms with Crippen molar-refractivity contribution in [3.8, 4) is 0 Å². The smallest absolute Gasteiger partial charge is 0.172 e. The van der Waals surface area contributed by atoms with E-state index in [0.29, 0.717) is 0 Å². The minimum atomic E-state index is 0.730. The van der Waals surface area contributed by atoms with Gasteiger partial charge in [-0.05, 0) is 18.6 Å². The van der Waals surface area contributed by atoms with E-state index in [4.69, 9.17) is 4.74 Å². The van der Waals surface area contributed by atoms with E-state index in [9.17, 15) is 0 Å². The lowest BCUT2D eigenvalue weighted by Crippen LogP contribution is -2.19. The third-order valence-electron chi connectivity index (χ3n) is 2.99. The van der Waals surface area contributed by atoms with Crippen LogP contribution in [0.5, 0.6) is 0 Å². The van der Waals surface area contributed by atoms with Crippen molar-refractivity contribution >= 4 is 11.8 Å². The molecular weight excluding hydrogens is 270 g/mol. The number of benzene rings is 1. The Morgan fingerprint density at radius 2 is 2.25 bits per heavy atom. The maximum absolute atomic E-state index is 5.05. The van der Waals surface area contributed by atoms with Gasteiger partial charge in [0.2, 0.25) is 0 Å². The van der Waals surface area contributed by atoms with Crippen LogP contribution in [-0.2, 0) is 18.3 Å². The Labute approximate surface area is 124 Å². The van der Waals surface area contributed by atoms with Crippen LogP contribution in [0.4, 0.5) is 0 Å². The molecule has 0 amide bonds. The van der Waals surface area contributed by atoms with Crippen molar-refractivity contribution in [1.82, 2.24) is 14.9 Å². The first kappa shape index (κ1) is 15.1. The standard InChI is InChI=1S/C15H21N3OS/c1-12-4-5-14(20-15-17-6-8-18(15)2)13(10-12)11-16-7-9-19-3/h4-6,8,10,16H,7,9,11H2,1-3H3. The van der Waals surface area contributed by atoms with Crippen molar-refractivity contribution in [3.63, 3.8) is 0 Å². The van der Waals surface area contributed by atoms with Gasteiger partial charge >= 0.3 is 0 Å². The molecule has 0 saturated heterocycles. The number of nitrogens with one attached hydrogen (secondary N) is 1. The van der Waals surface area contributed by atoms with Crippen LogP contribution in [0.3, 0.4) is 0 Å². The Morgan fingerprint density at radius 1 is 1.40 bits per heavy atom. The van der Waals surface area contributed by atoms with E-state index in [-0.39, 0.29) is 0 Å². The summed E-state index contributed by atoms with van der Waals surface area (Å²) in [7, 11) is 3.73. The van der Waals surface area contributed by atoms with Crippen LogP contribution in [0.2, 0.25) is 0 Å². The molecule has 0 atom stereocenters. The van der Waals surface area contributed by atoms with E-state index < -0.39 is 0 Å². The minimum Gasteiger partial charge on any atom is -0.383 e. The van der Waals surface area contributed by atoms with E-state index in [1.807, 2.05) is 24.0 Å². The van der Waals surface area contributed by atoms with Gasteiger partial charge in [-0.15, -0.1) is 0 Å². The second-order valence-electron chi connectivity index (χ2n) is 4.70. The lowest BCUT2D eigenvalue weighted by Gasteiger charge is -2.11. The molecule has 0 saturated carbocycles. The first-order valence-electron chi connectivity index (χ1n) is 6.65. The summed E-state index contributed by atoms with van der Waals surface area (Å²) in [6.45, 7) is 4.55. The summed E-state index contributed by atoms with van der Waals surface area (Å²) in [4.78, 5) is 5.62. The molecule has 0 aliphatic rings. The highest BCUT2D eigenvalue weighted by Crippen LogP contribution is 2.29. The number of aromatic nitrogens is 2. The molecule has 108 valence electrons. The lowest BCUT2D eigenvalue weighted by molar-refractivity contribution is 0.199. The summed E-state index contributed by atoms with van der Waals surface area (Å²) in [5.41, 5.74) is 2.58. The summed E-state index contributed by atoms with van der Waals surface area (Å²) < 4.78 is 7.09. The highest BCUT2D eigenvalue weighted by molar-refractivity contribution is 7.99. The molecule has 5 heteroatoms. The number of ether oxygens (including phenoxy) is 1. The van der Waals surface area contributed by atoms with E-state index in [1.165, 1.54) is 16.0 Å². The van der Waals surface area contributed by atoms with E-state index in [1.54, 1.807) is 18.9 Å². The Balaban J connectivity index is 2.09. The molecule has 0 fully saturated rings. The highest BCUT2D eigenvalue weighted by Gasteiger charge is 2.08. The van der Waals surface area contributed by atoms with Crippen LogP contribution in [0.25, 0.3) is 0 Å². The number of rotatable bonds is 7. The topological polar surface area (TPSA) is 39.1 Å². The van der Waals surface area contributed by atoms with Crippen molar-refractivity contribution < 1.29 is 4.74 Å². The third-order valence-corrected chi connectivity index (χ3v) is 4.19. The minimum absolute atomic E-state index is 0.730. The van der Waals surface area contributed by atoms with Gasteiger partial charge in [-0.1, -0.05) is 29.5 Å². The Hall–Kier alpha value is -1.30. The zero-order valence-electron chi connectivity index (χ0n) is 12.2. The van der Waals surface area contributed by atoms with Gasteiger partial charge in [0, 0.05) is 44.5 Å². The van der Waals surface area contributed by atoms with Crippen LogP contribution in [-0.4, -0.2) is 29.8 Å². The fraction of sp³-hybridized carbons (Fsp3) is 0.400. The SMILES string of the molecule is COCCNCc1cc(C)ccc1Sc1nccn1C. The molecule has 0 spiro atoms. The van der Waals surface area contributed by atoms with Gasteiger partial charge in [-0.3, -0.25) is 0 Å². The molecule has 1 heterocycles. The molecule has 1 aromatic carbocycles. The van der Waals surface area contributed by atoms with Crippen molar-refractivity contribution in [2.75, 3.05) is 20.3 Å². The molecule has 1 aromatic heterocycles. The summed E-state index contributed by atoms with van der Waals surface area (Å²) in [5.74, 6) is 0. The predicted octanol–water partition coefficient (Wildman–Crippen LogP) is 2.62. The molecule has 20 heavy (non-hydrogen) atoms. The summed E-state index contributed by atoms with van der Waals surface area (Å²) in [6.07, 6.45) is 3.79. The number of hydrogen-bond donors (Lipinski definition) is 1. The number of nitrogens with zero attached hydrogens (tertiary/aromatic N) is 2. The Morgan fingerprint density at radius 3 is 2.95 bits per heavy atom. The van der Waals surface area contributed by atoms with Gasteiger partial charge in [-0.25, -0.2) is 4.98 Å². The first-order valence-corrected chi connectivity index (χ1v) is 7.46. The van der Waals surface area contributed by atoms with Gasteiger partial charge in [0.1, 0.15) is 0 Å². The number of imidazole rings is 1. The van der Waals surface area contributed by atoms with Crippen molar-refractivity contribution in [3.05, 3.63) is 41.7 Å². The second-order valence-corrected chi connectivity index (χ2v) is 5.71. The van der Waals surface area contributed by atoms with Crippen LogP contribution >= 0.6 is 11.8 Å². The first-order chi connectivity index (χ1) is 9.70. The molecular formula is C15H21N3OS. The zero-order valence-corrected chi connectivity index (χ0v) is 13.0. The van der Waals surface area contributed by atoms with Gasteiger partial charge in [-0.2, -0.15) is 0 Å². The highest BCUT2D eigenvalue weighted by atomic mass is 32.2. The van der Waals surface area contributed by atoms with Gasteiger partial charge in [0.15, 0.2) is 5.16 Å². The molecule has 0 unspecified atom stereocenters. The van der Waals surface area contributed by atoms with Crippen molar-refractivity contribution in [2.24, 2.45) is 7.05 Å². The molecule has 0 radical (unpaired) electrons. The van der Waals surface area contributed by atoms with E-state index in [2.05, 4.69) is 35.4 Å². The van der Waals surface area contributed by atoms with Crippen molar-refractivity contribution in [1.29, 1.82) is 0 Å². The molecule has 0 aliphatic carbocycles. The largest absolute Gasteiger partial charge is 0.383 e. The number of methoxy groups -OCH3 is 1. The second kappa shape index (κ2) is 7.47. The van der Waals surface area contributed by atoms with Gasteiger partial charge in [0.25, 0.3) is 0 Å². The van der Waals surface area contributed by atoms with Crippen LogP contribution < -0.4 is 5.32 Å². The summed E-state index contributed by atoms with van der Waals surface area (Å²) in [6, 6.07) is 6.54. The fourth-order valence-corrected chi connectivity index (χ4v) is 2.81. The third kappa shape index (κ3) is 4.10. The Kier molecular flexibility index (Phi) is 5.64. The Bertz CT molecular complexity index is 554. The average Bonchev–Trinajstić information content (AvgIpc) is 2.83. The maximum Gasteiger partial charge on any atom is 0.172 e. The number of hydrogen-bond acceptors (Lipinski definition) is 4. The van der Waals surface area contributed by atoms with E-state index >= 15 is 0 Å². The van der Waals surface area contributed by atoms with Gasteiger partial charge in [0.05, 0.1) is 6.61 Å². The maximum atomic E-state index is 5.05. The lowest BCUT2D eigenvalue weighted by atomic mass is 10.1. The molecule has 0 aliphatic heterocycles. The van der Waals surface area contributed by atoms with Crippen LogP contribution in [0.1, 0.15) is 11.1 Å². The predicted molar refractivity (Wildman–Crippen MR) is 82.1 cm³/mol. The summed E-state index contributed by atoms with van der Waals surface area (Å²) in [5, 5.41) is 4.41. The normalized spacial score (nSPS) is 10.9. The van der Waals surface area contributed by atoms with Crippen LogP contribution in [0, 0.1) is 6.92 Å². The molecule has 2 rings (SSSR count).